The number of rotatable bonds is 6. The van der Waals surface area contributed by atoms with Crippen molar-refractivity contribution in [2.45, 2.75) is 5.16 Å². The summed E-state index contributed by atoms with van der Waals surface area (Å²) in [5.74, 6) is 0.297. The van der Waals surface area contributed by atoms with Crippen LogP contribution in [-0.4, -0.2) is 27.8 Å². The van der Waals surface area contributed by atoms with Crippen LogP contribution in [0.1, 0.15) is 0 Å². The SMILES string of the molecule is C=CCNC(=O)CSc1nc2ccccc2n1-c1ccccc1. The summed E-state index contributed by atoms with van der Waals surface area (Å²) in [6, 6.07) is 18.0. The zero-order valence-electron chi connectivity index (χ0n) is 12.6. The molecule has 0 saturated carbocycles. The molecule has 2 aromatic carbocycles. The van der Waals surface area contributed by atoms with Crippen LogP contribution in [0, 0.1) is 0 Å². The lowest BCUT2D eigenvalue weighted by molar-refractivity contribution is -0.118. The highest BCUT2D eigenvalue weighted by molar-refractivity contribution is 7.99. The minimum absolute atomic E-state index is 0.0263. The van der Waals surface area contributed by atoms with E-state index in [4.69, 9.17) is 0 Å². The van der Waals surface area contributed by atoms with Gasteiger partial charge in [0.15, 0.2) is 5.16 Å². The third-order valence-corrected chi connectivity index (χ3v) is 4.26. The maximum absolute atomic E-state index is 11.8. The van der Waals surface area contributed by atoms with Gasteiger partial charge in [0, 0.05) is 12.2 Å². The number of fused-ring (bicyclic) bond motifs is 1. The van der Waals surface area contributed by atoms with E-state index in [9.17, 15) is 4.79 Å². The molecule has 1 aromatic heterocycles. The standard InChI is InChI=1S/C18H17N3OS/c1-2-12-19-17(22)13-23-18-20-15-10-6-7-11-16(15)21(18)14-8-4-3-5-9-14/h2-11H,1,12-13H2,(H,19,22). The molecule has 0 spiro atoms. The van der Waals surface area contributed by atoms with E-state index in [1.54, 1.807) is 6.08 Å². The summed E-state index contributed by atoms with van der Waals surface area (Å²) in [6.07, 6.45) is 1.67. The van der Waals surface area contributed by atoms with E-state index < -0.39 is 0 Å². The third kappa shape index (κ3) is 3.46. The highest BCUT2D eigenvalue weighted by Gasteiger charge is 2.13. The van der Waals surface area contributed by atoms with Crippen molar-refractivity contribution >= 4 is 28.7 Å². The fourth-order valence-electron chi connectivity index (χ4n) is 2.29. The predicted molar refractivity (Wildman–Crippen MR) is 95.0 cm³/mol. The zero-order valence-corrected chi connectivity index (χ0v) is 13.4. The summed E-state index contributed by atoms with van der Waals surface area (Å²) < 4.78 is 2.08. The Kier molecular flexibility index (Phi) is 4.78. The van der Waals surface area contributed by atoms with Gasteiger partial charge >= 0.3 is 0 Å². The maximum atomic E-state index is 11.8. The van der Waals surface area contributed by atoms with Crippen LogP contribution >= 0.6 is 11.8 Å². The molecule has 0 aliphatic heterocycles. The number of nitrogens with one attached hydrogen (secondary N) is 1. The van der Waals surface area contributed by atoms with Gasteiger partial charge in [-0.25, -0.2) is 4.98 Å². The summed E-state index contributed by atoms with van der Waals surface area (Å²) in [5.41, 5.74) is 2.99. The van der Waals surface area contributed by atoms with Gasteiger partial charge in [0.1, 0.15) is 0 Å². The van der Waals surface area contributed by atoms with Gasteiger partial charge in [0.05, 0.1) is 16.8 Å². The van der Waals surface area contributed by atoms with Gasteiger partial charge in [0.25, 0.3) is 0 Å². The van der Waals surface area contributed by atoms with Crippen LogP contribution in [0.25, 0.3) is 16.7 Å². The largest absolute Gasteiger partial charge is 0.352 e. The number of benzene rings is 2. The quantitative estimate of drug-likeness (QED) is 0.558. The number of imidazole rings is 1. The summed E-state index contributed by atoms with van der Waals surface area (Å²) >= 11 is 1.43. The van der Waals surface area contributed by atoms with Crippen molar-refractivity contribution in [3.63, 3.8) is 0 Å². The van der Waals surface area contributed by atoms with Gasteiger partial charge in [-0.05, 0) is 24.3 Å². The molecular formula is C18H17N3OS. The summed E-state index contributed by atoms with van der Waals surface area (Å²) in [5, 5.41) is 3.59. The molecule has 0 aliphatic rings. The molecule has 0 radical (unpaired) electrons. The highest BCUT2D eigenvalue weighted by atomic mass is 32.2. The summed E-state index contributed by atoms with van der Waals surface area (Å²) in [6.45, 7) is 4.08. The van der Waals surface area contributed by atoms with Crippen molar-refractivity contribution in [2.24, 2.45) is 0 Å². The minimum atomic E-state index is -0.0263. The Labute approximate surface area is 139 Å². The van der Waals surface area contributed by atoms with E-state index in [0.717, 1.165) is 21.9 Å². The molecule has 23 heavy (non-hydrogen) atoms. The fourth-order valence-corrected chi connectivity index (χ4v) is 3.15. The molecule has 3 aromatic rings. The van der Waals surface area contributed by atoms with Gasteiger partial charge in [-0.2, -0.15) is 0 Å². The van der Waals surface area contributed by atoms with Gasteiger partial charge in [-0.1, -0.05) is 48.2 Å². The van der Waals surface area contributed by atoms with E-state index in [0.29, 0.717) is 12.3 Å². The molecule has 0 atom stereocenters. The van der Waals surface area contributed by atoms with Crippen molar-refractivity contribution in [1.29, 1.82) is 0 Å². The first-order chi connectivity index (χ1) is 11.3. The second kappa shape index (κ2) is 7.15. The predicted octanol–water partition coefficient (Wildman–Crippen LogP) is 3.42. The first-order valence-electron chi connectivity index (χ1n) is 7.33. The second-order valence-corrected chi connectivity index (χ2v) is 5.88. The van der Waals surface area contributed by atoms with Crippen molar-refractivity contribution in [2.75, 3.05) is 12.3 Å². The third-order valence-electron chi connectivity index (χ3n) is 3.32. The van der Waals surface area contributed by atoms with Crippen molar-refractivity contribution in [1.82, 2.24) is 14.9 Å². The number of para-hydroxylation sites is 3. The summed E-state index contributed by atoms with van der Waals surface area (Å²) in [4.78, 5) is 16.5. The molecule has 5 heteroatoms. The van der Waals surface area contributed by atoms with Gasteiger partial charge in [0.2, 0.25) is 5.91 Å². The van der Waals surface area contributed by atoms with Crippen LogP contribution in [-0.2, 0) is 4.79 Å². The number of carbonyl (C=O) groups excluding carboxylic acids is 1. The Morgan fingerprint density at radius 1 is 1.17 bits per heavy atom. The van der Waals surface area contributed by atoms with Crippen LogP contribution < -0.4 is 5.32 Å². The van der Waals surface area contributed by atoms with E-state index in [1.807, 2.05) is 54.6 Å². The highest BCUT2D eigenvalue weighted by Crippen LogP contribution is 2.27. The lowest BCUT2D eigenvalue weighted by Gasteiger charge is -2.08. The van der Waals surface area contributed by atoms with Crippen LogP contribution in [0.3, 0.4) is 0 Å². The normalized spacial score (nSPS) is 10.6. The lowest BCUT2D eigenvalue weighted by atomic mass is 10.3. The molecule has 4 nitrogen and oxygen atoms in total. The first-order valence-corrected chi connectivity index (χ1v) is 8.31. The molecule has 3 rings (SSSR count). The number of hydrogen-bond acceptors (Lipinski definition) is 3. The molecule has 0 aliphatic carbocycles. The average Bonchev–Trinajstić information content (AvgIpc) is 2.97. The van der Waals surface area contributed by atoms with Crippen molar-refractivity contribution in [3.8, 4) is 5.69 Å². The Morgan fingerprint density at radius 2 is 1.91 bits per heavy atom. The molecular weight excluding hydrogens is 306 g/mol. The number of nitrogens with zero attached hydrogens (tertiary/aromatic N) is 2. The summed E-state index contributed by atoms with van der Waals surface area (Å²) in [7, 11) is 0. The van der Waals surface area contributed by atoms with Gasteiger partial charge in [-0.15, -0.1) is 6.58 Å². The number of thioether (sulfide) groups is 1. The minimum Gasteiger partial charge on any atom is -0.352 e. The molecule has 0 fully saturated rings. The Balaban J connectivity index is 1.93. The van der Waals surface area contributed by atoms with Crippen LogP contribution in [0.15, 0.2) is 72.4 Å². The van der Waals surface area contributed by atoms with Crippen molar-refractivity contribution in [3.05, 3.63) is 67.3 Å². The molecule has 1 N–H and O–H groups in total. The van der Waals surface area contributed by atoms with E-state index in [2.05, 4.69) is 21.4 Å². The average molecular weight is 323 g/mol. The molecule has 116 valence electrons. The number of aromatic nitrogens is 2. The molecule has 0 bridgehead atoms. The van der Waals surface area contributed by atoms with Crippen molar-refractivity contribution < 1.29 is 4.79 Å². The molecule has 0 saturated heterocycles. The van der Waals surface area contributed by atoms with Gasteiger partial charge < -0.3 is 5.32 Å². The monoisotopic (exact) mass is 323 g/mol. The Morgan fingerprint density at radius 3 is 2.70 bits per heavy atom. The van der Waals surface area contributed by atoms with Crippen LogP contribution in [0.5, 0.6) is 0 Å². The fraction of sp³-hybridized carbons (Fsp3) is 0.111. The number of hydrogen-bond donors (Lipinski definition) is 1. The zero-order chi connectivity index (χ0) is 16.1. The molecule has 1 heterocycles. The maximum Gasteiger partial charge on any atom is 0.230 e. The molecule has 1 amide bonds. The smallest absolute Gasteiger partial charge is 0.230 e. The van der Waals surface area contributed by atoms with Crippen LogP contribution in [0.2, 0.25) is 0 Å². The van der Waals surface area contributed by atoms with Gasteiger partial charge in [-0.3, -0.25) is 9.36 Å². The number of carbonyl (C=O) groups is 1. The first kappa shape index (κ1) is 15.4. The van der Waals surface area contributed by atoms with Crippen LogP contribution in [0.4, 0.5) is 0 Å². The van der Waals surface area contributed by atoms with E-state index in [-0.39, 0.29) is 5.91 Å². The molecule has 0 unspecified atom stereocenters. The second-order valence-electron chi connectivity index (χ2n) is 4.94. The van der Waals surface area contributed by atoms with E-state index >= 15 is 0 Å². The topological polar surface area (TPSA) is 46.9 Å². The Hall–Kier alpha value is -2.53. The Bertz CT molecular complexity index is 827. The lowest BCUT2D eigenvalue weighted by Crippen LogP contribution is -2.25. The number of amides is 1. The van der Waals surface area contributed by atoms with E-state index in [1.165, 1.54) is 11.8 Å².